The van der Waals surface area contributed by atoms with Crippen molar-refractivity contribution in [2.45, 2.75) is 51.6 Å². The lowest BCUT2D eigenvalue weighted by Crippen LogP contribution is -2.52. The van der Waals surface area contributed by atoms with Gasteiger partial charge in [-0.15, -0.1) is 0 Å². The fourth-order valence-corrected chi connectivity index (χ4v) is 4.90. The number of fused-ring (bicyclic) bond motifs is 1. The van der Waals surface area contributed by atoms with Gasteiger partial charge in [-0.2, -0.15) is 15.0 Å². The summed E-state index contributed by atoms with van der Waals surface area (Å²) in [5.41, 5.74) is 0.662. The summed E-state index contributed by atoms with van der Waals surface area (Å²) < 4.78 is 46.1. The molecule has 5 rings (SSSR count). The highest BCUT2D eigenvalue weighted by molar-refractivity contribution is 5.84. The lowest BCUT2D eigenvalue weighted by molar-refractivity contribution is 0.122. The lowest BCUT2D eigenvalue weighted by Gasteiger charge is -2.36. The van der Waals surface area contributed by atoms with Gasteiger partial charge in [-0.3, -0.25) is 4.57 Å². The third-order valence-corrected chi connectivity index (χ3v) is 6.96. The van der Waals surface area contributed by atoms with Gasteiger partial charge in [0, 0.05) is 19.6 Å². The number of benzene rings is 1. The van der Waals surface area contributed by atoms with E-state index in [1.807, 2.05) is 16.7 Å². The number of nitrogens with one attached hydrogen (secondary N) is 1. The molecule has 1 amide bonds. The molecular weight excluding hydrogens is 526 g/mol. The highest BCUT2D eigenvalue weighted by atomic mass is 19.3. The lowest BCUT2D eigenvalue weighted by atomic mass is 10.1. The first kappa shape index (κ1) is 27.7. The summed E-state index contributed by atoms with van der Waals surface area (Å²) in [6.45, 7) is 4.96. The number of amides is 1. The van der Waals surface area contributed by atoms with E-state index in [2.05, 4.69) is 20.3 Å². The third-order valence-electron chi connectivity index (χ3n) is 6.96. The van der Waals surface area contributed by atoms with Crippen LogP contribution in [-0.2, 0) is 9.47 Å². The van der Waals surface area contributed by atoms with Crippen molar-refractivity contribution in [3.63, 3.8) is 0 Å². The molecule has 4 heterocycles. The van der Waals surface area contributed by atoms with Crippen molar-refractivity contribution in [2.24, 2.45) is 0 Å². The van der Waals surface area contributed by atoms with Gasteiger partial charge in [-0.1, -0.05) is 19.4 Å². The maximum absolute atomic E-state index is 14.3. The highest BCUT2D eigenvalue weighted by Crippen LogP contribution is 2.33. The van der Waals surface area contributed by atoms with Gasteiger partial charge in [0.2, 0.25) is 17.8 Å². The minimum absolute atomic E-state index is 0.00684. The number of halogens is 2. The topological polar surface area (TPSA) is 120 Å². The monoisotopic (exact) mass is 560 g/mol. The Morgan fingerprint density at radius 2 is 1.88 bits per heavy atom. The van der Waals surface area contributed by atoms with E-state index in [1.54, 1.807) is 18.2 Å². The number of alkyl halides is 2. The predicted octanol–water partition coefficient (Wildman–Crippen LogP) is 3.84. The molecule has 2 fully saturated rings. The number of ether oxygens (including phenoxy) is 3. The van der Waals surface area contributed by atoms with Gasteiger partial charge in [-0.05, 0) is 37.8 Å². The minimum Gasteiger partial charge on any atom is -0.494 e. The van der Waals surface area contributed by atoms with Crippen molar-refractivity contribution in [3.05, 3.63) is 24.0 Å². The van der Waals surface area contributed by atoms with Crippen LogP contribution in [-0.4, -0.2) is 83.3 Å². The molecular formula is C26H34F2N8O4. The summed E-state index contributed by atoms with van der Waals surface area (Å²) >= 11 is 0. The van der Waals surface area contributed by atoms with E-state index in [-0.39, 0.29) is 17.4 Å². The van der Waals surface area contributed by atoms with Crippen molar-refractivity contribution >= 4 is 29.0 Å². The normalized spacial score (nSPS) is 17.9. The second-order valence-corrected chi connectivity index (χ2v) is 9.61. The quantitative estimate of drug-likeness (QED) is 0.387. The van der Waals surface area contributed by atoms with Crippen LogP contribution in [0.3, 0.4) is 0 Å². The molecule has 1 aromatic carbocycles. The number of hydrogen-bond donors (Lipinski definition) is 1. The zero-order chi connectivity index (χ0) is 28.1. The molecule has 2 aliphatic heterocycles. The maximum atomic E-state index is 14.3. The fraction of sp³-hybridized carbons (Fsp3) is 0.577. The number of hydrogen-bond acceptors (Lipinski definition) is 10. The third kappa shape index (κ3) is 5.86. The number of alkyl carbamates (subject to hydrolysis) is 1. The number of carbonyl (C=O) groups is 1. The first-order valence-electron chi connectivity index (χ1n) is 13.6. The van der Waals surface area contributed by atoms with Crippen LogP contribution in [0.4, 0.5) is 25.5 Å². The van der Waals surface area contributed by atoms with Gasteiger partial charge in [-0.25, -0.2) is 18.6 Å². The number of piperidine rings is 1. The van der Waals surface area contributed by atoms with Crippen molar-refractivity contribution in [2.75, 3.05) is 56.4 Å². The number of rotatable bonds is 9. The summed E-state index contributed by atoms with van der Waals surface area (Å²) in [4.78, 5) is 34.6. The van der Waals surface area contributed by atoms with E-state index < -0.39 is 24.5 Å². The molecule has 40 heavy (non-hydrogen) atoms. The highest BCUT2D eigenvalue weighted by Gasteiger charge is 2.30. The Morgan fingerprint density at radius 1 is 1.10 bits per heavy atom. The molecule has 0 spiro atoms. The average molecular weight is 561 g/mol. The number of morpholine rings is 1. The molecule has 0 aliphatic carbocycles. The van der Waals surface area contributed by atoms with E-state index in [0.29, 0.717) is 63.1 Å². The van der Waals surface area contributed by atoms with Crippen LogP contribution in [0.25, 0.3) is 17.0 Å². The maximum Gasteiger partial charge on any atom is 0.408 e. The van der Waals surface area contributed by atoms with Crippen LogP contribution >= 0.6 is 0 Å². The Kier molecular flexibility index (Phi) is 8.72. The Hall–Kier alpha value is -3.81. The van der Waals surface area contributed by atoms with Crippen molar-refractivity contribution in [3.8, 4) is 11.7 Å². The van der Waals surface area contributed by atoms with Crippen LogP contribution < -0.4 is 19.9 Å². The molecule has 0 radical (unpaired) electrons. The molecule has 0 bridgehead atoms. The van der Waals surface area contributed by atoms with Gasteiger partial charge in [0.1, 0.15) is 17.4 Å². The number of imidazole rings is 1. The van der Waals surface area contributed by atoms with Gasteiger partial charge in [0.25, 0.3) is 6.43 Å². The second kappa shape index (κ2) is 12.6. The van der Waals surface area contributed by atoms with Gasteiger partial charge in [0.05, 0.1) is 32.4 Å². The summed E-state index contributed by atoms with van der Waals surface area (Å²) in [7, 11) is 1.46. The van der Waals surface area contributed by atoms with Crippen LogP contribution in [0.2, 0.25) is 0 Å². The van der Waals surface area contributed by atoms with E-state index in [4.69, 9.17) is 19.2 Å². The number of unbranched alkanes of at least 4 members (excludes halogenated alkanes) is 1. The molecule has 216 valence electrons. The minimum atomic E-state index is -2.90. The number of para-hydroxylation sites is 1. The molecule has 2 saturated heterocycles. The van der Waals surface area contributed by atoms with Gasteiger partial charge in [0.15, 0.2) is 5.82 Å². The Morgan fingerprint density at radius 3 is 2.62 bits per heavy atom. The van der Waals surface area contributed by atoms with Crippen LogP contribution in [0.1, 0.15) is 51.3 Å². The van der Waals surface area contributed by atoms with E-state index in [0.717, 1.165) is 25.7 Å². The van der Waals surface area contributed by atoms with E-state index in [1.165, 1.54) is 11.7 Å². The molecule has 3 aromatic rings. The largest absolute Gasteiger partial charge is 0.494 e. The van der Waals surface area contributed by atoms with E-state index >= 15 is 0 Å². The molecule has 14 heteroatoms. The summed E-state index contributed by atoms with van der Waals surface area (Å²) in [6, 6.07) is 5.04. The summed E-state index contributed by atoms with van der Waals surface area (Å²) in [6.07, 6.45) is 0.256. The number of aromatic nitrogens is 5. The first-order chi connectivity index (χ1) is 19.5. The predicted molar refractivity (Wildman–Crippen MR) is 143 cm³/mol. The molecule has 0 saturated carbocycles. The number of carbonyl (C=O) groups excluding carboxylic acids is 1. The smallest absolute Gasteiger partial charge is 0.408 e. The molecule has 1 atom stereocenters. The van der Waals surface area contributed by atoms with Crippen LogP contribution in [0.15, 0.2) is 18.2 Å². The zero-order valence-electron chi connectivity index (χ0n) is 22.7. The fourth-order valence-electron chi connectivity index (χ4n) is 4.90. The van der Waals surface area contributed by atoms with Crippen LogP contribution in [0.5, 0.6) is 5.75 Å². The van der Waals surface area contributed by atoms with Crippen molar-refractivity contribution < 1.29 is 27.8 Å². The summed E-state index contributed by atoms with van der Waals surface area (Å²) in [5.74, 6) is 0.477. The van der Waals surface area contributed by atoms with Crippen molar-refractivity contribution in [1.82, 2.24) is 29.8 Å². The SMILES string of the molecule is CCCCOC(=O)NC1CCCCN1c1nc(N2CCOCC2)nc(-n2c(C(F)F)nc3c(OC)cccc32)n1. The number of methoxy groups -OCH3 is 1. The van der Waals surface area contributed by atoms with Gasteiger partial charge >= 0.3 is 6.09 Å². The molecule has 2 aliphatic rings. The Balaban J connectivity index is 1.59. The number of anilines is 2. The average Bonchev–Trinajstić information content (AvgIpc) is 3.38. The second-order valence-electron chi connectivity index (χ2n) is 9.61. The number of nitrogens with zero attached hydrogens (tertiary/aromatic N) is 7. The molecule has 12 nitrogen and oxygen atoms in total. The molecule has 2 aromatic heterocycles. The molecule has 1 unspecified atom stereocenters. The van der Waals surface area contributed by atoms with Crippen LogP contribution in [0, 0.1) is 0 Å². The standard InChI is InChI=1S/C26H34F2N8O4/c1-3-4-14-40-26(37)29-19-10-5-6-11-35(19)24-31-23(34-12-15-39-16-13-34)32-25(33-24)36-17-8-7-9-18(38-2)20(17)30-22(36)21(27)28/h7-9,19,21H,3-6,10-16H2,1-2H3,(H,29,37). The Labute approximate surface area is 230 Å². The van der Waals surface area contributed by atoms with Gasteiger partial charge < -0.3 is 29.3 Å². The molecule has 1 N–H and O–H groups in total. The van der Waals surface area contributed by atoms with Crippen molar-refractivity contribution in [1.29, 1.82) is 0 Å². The first-order valence-corrected chi connectivity index (χ1v) is 13.6. The van der Waals surface area contributed by atoms with E-state index in [9.17, 15) is 13.6 Å². The Bertz CT molecular complexity index is 1320. The zero-order valence-corrected chi connectivity index (χ0v) is 22.7. The summed E-state index contributed by atoms with van der Waals surface area (Å²) in [5, 5.41) is 2.93.